The predicted octanol–water partition coefficient (Wildman–Crippen LogP) is 12.4. The van der Waals surface area contributed by atoms with Crippen LogP contribution in [0.25, 0.3) is 106 Å². The summed E-state index contributed by atoms with van der Waals surface area (Å²) in [6.07, 6.45) is 12.6. The number of aromatic nitrogens is 4. The Hall–Kier alpha value is -7.56. The molecule has 4 heteroatoms. The average Bonchev–Trinajstić information content (AvgIpc) is 3.83. The van der Waals surface area contributed by atoms with E-state index in [1.165, 1.54) is 81.7 Å². The maximum Gasteiger partial charge on any atom is 0.162 e. The number of hydrogen-bond acceptors (Lipinski definition) is 2. The van der Waals surface area contributed by atoms with E-state index in [1.54, 1.807) is 0 Å². The molecule has 0 spiro atoms. The van der Waals surface area contributed by atoms with E-state index < -0.39 is 0 Å². The minimum absolute atomic E-state index is 0.232. The monoisotopic (exact) mass is 766 g/mol. The minimum atomic E-state index is 0.232. The zero-order valence-electron chi connectivity index (χ0n) is 32.9. The molecular formula is C56H38N4. The molecule has 3 aromatic heterocycles. The molecule has 13 rings (SSSR count). The summed E-state index contributed by atoms with van der Waals surface area (Å²) in [5.74, 6) is 1.88. The third-order valence-electron chi connectivity index (χ3n) is 13.1. The molecule has 4 nitrogen and oxygen atoms in total. The SMILES string of the molecule is C1=Cc2c(n(-c3ccc4c5ccccc5c5ccccc5c4c3)c3ccc(C4C=c5c(n(-c6nc(-c7ccccc7)nc7ccccc67)c6ccccc56)=CC4)cc23)CC1. The molecule has 0 radical (unpaired) electrons. The Morgan fingerprint density at radius 2 is 1.18 bits per heavy atom. The fourth-order valence-electron chi connectivity index (χ4n) is 10.4. The molecule has 1 atom stereocenters. The van der Waals surface area contributed by atoms with Crippen LogP contribution in [-0.2, 0) is 6.42 Å². The summed E-state index contributed by atoms with van der Waals surface area (Å²) in [5, 5.41) is 13.9. The van der Waals surface area contributed by atoms with Crippen LogP contribution in [0.4, 0.5) is 0 Å². The van der Waals surface area contributed by atoms with Crippen molar-refractivity contribution in [2.75, 3.05) is 0 Å². The maximum absolute atomic E-state index is 5.31. The molecule has 60 heavy (non-hydrogen) atoms. The van der Waals surface area contributed by atoms with Crippen molar-refractivity contribution in [1.82, 2.24) is 19.1 Å². The lowest BCUT2D eigenvalue weighted by Gasteiger charge is -2.17. The van der Waals surface area contributed by atoms with E-state index in [2.05, 4.69) is 179 Å². The van der Waals surface area contributed by atoms with Crippen LogP contribution in [0.1, 0.15) is 35.6 Å². The standard InChI is InChI=1S/C56H38N4/c1-2-14-35(15-3-1)55-57-50-23-11-8-22-46(50)56(58-55)60-52-25-13-10-21-45(52)49-33-37(27-31-54(49)60)36-26-30-53-48(32-36)44-20-9-12-24-51(44)59(53)38-28-29-43-41-18-5-4-16-39(41)40-17-6-7-19-42(40)47(43)34-38/h1-11,13-23,25-26,28-34,37H,12,24,27H2. The minimum Gasteiger partial charge on any atom is -0.313 e. The zero-order valence-corrected chi connectivity index (χ0v) is 32.9. The van der Waals surface area contributed by atoms with Crippen molar-refractivity contribution in [3.8, 4) is 22.9 Å². The molecule has 2 aliphatic rings. The lowest BCUT2D eigenvalue weighted by molar-refractivity contribution is 0.889. The molecular weight excluding hydrogens is 729 g/mol. The van der Waals surface area contributed by atoms with Crippen LogP contribution < -0.4 is 10.6 Å². The van der Waals surface area contributed by atoms with Gasteiger partial charge >= 0.3 is 0 Å². The van der Waals surface area contributed by atoms with Gasteiger partial charge in [0, 0.05) is 49.8 Å². The quantitative estimate of drug-likeness (QED) is 0.167. The van der Waals surface area contributed by atoms with Gasteiger partial charge in [0.2, 0.25) is 0 Å². The van der Waals surface area contributed by atoms with Crippen LogP contribution in [0.5, 0.6) is 0 Å². The van der Waals surface area contributed by atoms with Gasteiger partial charge in [0.05, 0.1) is 21.9 Å². The van der Waals surface area contributed by atoms with Gasteiger partial charge in [-0.15, -0.1) is 0 Å². The Labute approximate surface area is 346 Å². The molecule has 11 aromatic rings. The maximum atomic E-state index is 5.31. The van der Waals surface area contributed by atoms with Gasteiger partial charge in [0.1, 0.15) is 5.82 Å². The summed E-state index contributed by atoms with van der Waals surface area (Å²) < 4.78 is 4.91. The fourth-order valence-corrected chi connectivity index (χ4v) is 10.4. The molecule has 1 unspecified atom stereocenters. The van der Waals surface area contributed by atoms with Crippen LogP contribution in [0.3, 0.4) is 0 Å². The second-order valence-corrected chi connectivity index (χ2v) is 16.4. The smallest absolute Gasteiger partial charge is 0.162 e. The highest BCUT2D eigenvalue weighted by molar-refractivity contribution is 6.25. The van der Waals surface area contributed by atoms with E-state index in [4.69, 9.17) is 9.97 Å². The Morgan fingerprint density at radius 3 is 1.98 bits per heavy atom. The van der Waals surface area contributed by atoms with Crippen LogP contribution in [0.2, 0.25) is 0 Å². The zero-order chi connectivity index (χ0) is 39.3. The Bertz CT molecular complexity index is 3720. The highest BCUT2D eigenvalue weighted by Crippen LogP contribution is 2.40. The average molecular weight is 767 g/mol. The van der Waals surface area contributed by atoms with Crippen LogP contribution in [0.15, 0.2) is 170 Å². The molecule has 0 fully saturated rings. The second kappa shape index (κ2) is 13.0. The van der Waals surface area contributed by atoms with Gasteiger partial charge in [-0.1, -0.05) is 146 Å². The van der Waals surface area contributed by atoms with E-state index in [0.717, 1.165) is 52.9 Å². The summed E-state index contributed by atoms with van der Waals surface area (Å²) >= 11 is 0. The molecule has 3 heterocycles. The highest BCUT2D eigenvalue weighted by Gasteiger charge is 2.23. The van der Waals surface area contributed by atoms with Gasteiger partial charge in [0.15, 0.2) is 5.82 Å². The first kappa shape index (κ1) is 33.4. The van der Waals surface area contributed by atoms with Crippen molar-refractivity contribution >= 4 is 83.3 Å². The lowest BCUT2D eigenvalue weighted by Crippen LogP contribution is -2.32. The second-order valence-electron chi connectivity index (χ2n) is 16.4. The molecule has 0 bridgehead atoms. The van der Waals surface area contributed by atoms with Crippen LogP contribution in [-0.4, -0.2) is 19.1 Å². The van der Waals surface area contributed by atoms with Crippen molar-refractivity contribution in [1.29, 1.82) is 0 Å². The first-order valence-corrected chi connectivity index (χ1v) is 21.1. The van der Waals surface area contributed by atoms with Crippen molar-refractivity contribution in [3.63, 3.8) is 0 Å². The Balaban J connectivity index is 0.974. The van der Waals surface area contributed by atoms with E-state index >= 15 is 0 Å². The molecule has 0 N–H and O–H groups in total. The van der Waals surface area contributed by atoms with Crippen molar-refractivity contribution < 1.29 is 0 Å². The number of rotatable bonds is 4. The van der Waals surface area contributed by atoms with E-state index in [9.17, 15) is 0 Å². The van der Waals surface area contributed by atoms with Gasteiger partial charge in [0.25, 0.3) is 0 Å². The van der Waals surface area contributed by atoms with Gasteiger partial charge in [-0.3, -0.25) is 4.57 Å². The first-order chi connectivity index (χ1) is 29.8. The van der Waals surface area contributed by atoms with E-state index in [1.807, 2.05) is 18.2 Å². The number of benzene rings is 8. The molecule has 282 valence electrons. The van der Waals surface area contributed by atoms with Crippen LogP contribution >= 0.6 is 0 Å². The van der Waals surface area contributed by atoms with Crippen molar-refractivity contribution in [3.05, 3.63) is 197 Å². The van der Waals surface area contributed by atoms with Crippen molar-refractivity contribution in [2.24, 2.45) is 0 Å². The predicted molar refractivity (Wildman–Crippen MR) is 250 cm³/mol. The summed E-state index contributed by atoms with van der Waals surface area (Å²) in [6, 6.07) is 59.5. The van der Waals surface area contributed by atoms with Gasteiger partial charge < -0.3 is 4.57 Å². The van der Waals surface area contributed by atoms with E-state index in [0.29, 0.717) is 0 Å². The summed E-state index contributed by atoms with van der Waals surface area (Å²) in [6.45, 7) is 0. The number of hydrogen-bond donors (Lipinski definition) is 0. The van der Waals surface area contributed by atoms with Gasteiger partial charge in [-0.25, -0.2) is 9.97 Å². The largest absolute Gasteiger partial charge is 0.313 e. The fraction of sp³-hybridized carbons (Fsp3) is 0.0714. The molecule has 0 amide bonds. The summed E-state index contributed by atoms with van der Waals surface area (Å²) in [5.41, 5.74) is 9.68. The summed E-state index contributed by atoms with van der Waals surface area (Å²) in [4.78, 5) is 10.3. The Kier molecular flexibility index (Phi) is 7.23. The number of allylic oxidation sites excluding steroid dienone is 1. The molecule has 0 saturated heterocycles. The van der Waals surface area contributed by atoms with Gasteiger partial charge in [-0.05, 0) is 99.6 Å². The molecule has 2 aliphatic carbocycles. The topological polar surface area (TPSA) is 35.6 Å². The van der Waals surface area contributed by atoms with Gasteiger partial charge in [-0.2, -0.15) is 0 Å². The van der Waals surface area contributed by atoms with Crippen molar-refractivity contribution in [2.45, 2.75) is 25.2 Å². The molecule has 0 saturated carbocycles. The number of para-hydroxylation sites is 2. The third-order valence-corrected chi connectivity index (χ3v) is 13.1. The van der Waals surface area contributed by atoms with E-state index in [-0.39, 0.29) is 5.92 Å². The Morgan fingerprint density at radius 1 is 0.517 bits per heavy atom. The third kappa shape index (κ3) is 4.91. The summed E-state index contributed by atoms with van der Waals surface area (Å²) in [7, 11) is 0. The van der Waals surface area contributed by atoms with Crippen LogP contribution in [0, 0.1) is 0 Å². The number of nitrogens with zero attached hydrogens (tertiary/aromatic N) is 4. The normalized spacial score (nSPS) is 14.8. The first-order valence-electron chi connectivity index (χ1n) is 21.1. The highest BCUT2D eigenvalue weighted by atomic mass is 15.1. The lowest BCUT2D eigenvalue weighted by atomic mass is 9.90. The number of fused-ring (bicyclic) bond motifs is 13. The molecule has 0 aliphatic heterocycles. The molecule has 8 aromatic carbocycles.